The minimum atomic E-state index is -0.963. The van der Waals surface area contributed by atoms with Gasteiger partial charge in [0, 0.05) is 11.8 Å². The molecule has 0 radical (unpaired) electrons. The Morgan fingerprint density at radius 3 is 2.61 bits per heavy atom. The standard InChI is InChI=1S/C17H24O6/c1-6-16(2,3)15(20)23-17(4)9-7-8-10(11(9)13(18)21-5)14(19)22-12(8)17/h8-12H,6-7H2,1-5H3. The molecule has 3 aliphatic rings. The summed E-state index contributed by atoms with van der Waals surface area (Å²) in [6, 6.07) is 0. The van der Waals surface area contributed by atoms with Crippen molar-refractivity contribution < 1.29 is 28.6 Å². The van der Waals surface area contributed by atoms with Gasteiger partial charge in [-0.25, -0.2) is 0 Å². The molecule has 0 spiro atoms. The van der Waals surface area contributed by atoms with Gasteiger partial charge in [0.2, 0.25) is 0 Å². The van der Waals surface area contributed by atoms with Gasteiger partial charge in [-0.15, -0.1) is 0 Å². The number of carbonyl (C=O) groups is 3. The summed E-state index contributed by atoms with van der Waals surface area (Å²) >= 11 is 0. The Balaban J connectivity index is 1.93. The monoisotopic (exact) mass is 324 g/mol. The molecular weight excluding hydrogens is 300 g/mol. The molecule has 0 amide bonds. The smallest absolute Gasteiger partial charge is 0.312 e. The van der Waals surface area contributed by atoms with E-state index in [0.29, 0.717) is 12.8 Å². The molecule has 0 aromatic heterocycles. The highest BCUT2D eigenvalue weighted by Gasteiger charge is 2.75. The van der Waals surface area contributed by atoms with Gasteiger partial charge in [0.1, 0.15) is 11.7 Å². The molecule has 6 nitrogen and oxygen atoms in total. The van der Waals surface area contributed by atoms with Gasteiger partial charge in [-0.3, -0.25) is 14.4 Å². The third-order valence-corrected chi connectivity index (χ3v) is 6.24. The molecule has 128 valence electrons. The highest BCUT2D eigenvalue weighted by molar-refractivity contribution is 5.86. The molecule has 3 rings (SSSR count). The van der Waals surface area contributed by atoms with Crippen molar-refractivity contribution in [1.29, 1.82) is 0 Å². The predicted octanol–water partition coefficient (Wildman–Crippen LogP) is 1.70. The van der Waals surface area contributed by atoms with Crippen LogP contribution >= 0.6 is 0 Å². The van der Waals surface area contributed by atoms with Gasteiger partial charge >= 0.3 is 17.9 Å². The van der Waals surface area contributed by atoms with E-state index in [1.54, 1.807) is 6.92 Å². The van der Waals surface area contributed by atoms with Gasteiger partial charge in [-0.1, -0.05) is 6.92 Å². The molecule has 6 unspecified atom stereocenters. The molecule has 1 saturated heterocycles. The Labute approximate surface area is 135 Å². The molecule has 3 fully saturated rings. The summed E-state index contributed by atoms with van der Waals surface area (Å²) in [5.74, 6) is -2.46. The molecule has 0 N–H and O–H groups in total. The Morgan fingerprint density at radius 2 is 2.04 bits per heavy atom. The van der Waals surface area contributed by atoms with Crippen molar-refractivity contribution in [3.8, 4) is 0 Å². The molecule has 6 atom stereocenters. The van der Waals surface area contributed by atoms with Crippen LogP contribution in [0.15, 0.2) is 0 Å². The van der Waals surface area contributed by atoms with Crippen LogP contribution in [-0.4, -0.2) is 36.7 Å². The second-order valence-electron chi connectivity index (χ2n) is 7.75. The summed E-state index contributed by atoms with van der Waals surface area (Å²) in [5.41, 5.74) is -1.58. The van der Waals surface area contributed by atoms with Crippen molar-refractivity contribution in [1.82, 2.24) is 0 Å². The molecule has 2 saturated carbocycles. The minimum Gasteiger partial charge on any atom is -0.469 e. The number of hydrogen-bond acceptors (Lipinski definition) is 6. The predicted molar refractivity (Wildman–Crippen MR) is 79.0 cm³/mol. The van der Waals surface area contributed by atoms with E-state index in [2.05, 4.69) is 0 Å². The van der Waals surface area contributed by atoms with Crippen molar-refractivity contribution in [3.05, 3.63) is 0 Å². The Kier molecular flexibility index (Phi) is 3.50. The Morgan fingerprint density at radius 1 is 1.39 bits per heavy atom. The lowest BCUT2D eigenvalue weighted by Gasteiger charge is -2.40. The molecule has 1 aliphatic heterocycles. The molecule has 2 bridgehead atoms. The van der Waals surface area contributed by atoms with Crippen LogP contribution in [0.2, 0.25) is 0 Å². The van der Waals surface area contributed by atoms with Crippen LogP contribution in [0.3, 0.4) is 0 Å². The molecule has 23 heavy (non-hydrogen) atoms. The zero-order valence-electron chi connectivity index (χ0n) is 14.3. The molecule has 0 aromatic carbocycles. The van der Waals surface area contributed by atoms with Crippen LogP contribution < -0.4 is 0 Å². The maximum Gasteiger partial charge on any atom is 0.312 e. The van der Waals surface area contributed by atoms with E-state index >= 15 is 0 Å². The maximum absolute atomic E-state index is 12.6. The normalized spacial score (nSPS) is 40.9. The minimum absolute atomic E-state index is 0.0702. The summed E-state index contributed by atoms with van der Waals surface area (Å²) in [4.78, 5) is 36.9. The van der Waals surface area contributed by atoms with Crippen molar-refractivity contribution in [2.45, 2.75) is 52.2 Å². The fraction of sp³-hybridized carbons (Fsp3) is 0.824. The van der Waals surface area contributed by atoms with Crippen LogP contribution in [0, 0.1) is 29.1 Å². The van der Waals surface area contributed by atoms with E-state index < -0.39 is 34.9 Å². The second kappa shape index (κ2) is 4.95. The van der Waals surface area contributed by atoms with Crippen molar-refractivity contribution in [2.75, 3.05) is 7.11 Å². The SMILES string of the molecule is CCC(C)(C)C(=O)OC1(C)C2CC3C(C(=O)OC31)C2C(=O)OC. The zero-order valence-corrected chi connectivity index (χ0v) is 14.3. The molecule has 6 heteroatoms. The number of ether oxygens (including phenoxy) is 3. The molecule has 2 aliphatic carbocycles. The first-order valence-corrected chi connectivity index (χ1v) is 8.19. The second-order valence-corrected chi connectivity index (χ2v) is 7.75. The number of hydrogen-bond donors (Lipinski definition) is 0. The van der Waals surface area contributed by atoms with Crippen LogP contribution in [0.4, 0.5) is 0 Å². The fourth-order valence-electron chi connectivity index (χ4n) is 4.43. The third kappa shape index (κ3) is 2.03. The van der Waals surface area contributed by atoms with E-state index in [9.17, 15) is 14.4 Å². The van der Waals surface area contributed by atoms with E-state index in [-0.39, 0.29) is 23.8 Å². The Bertz CT molecular complexity index is 567. The van der Waals surface area contributed by atoms with Crippen LogP contribution in [0.1, 0.15) is 40.5 Å². The average molecular weight is 324 g/mol. The third-order valence-electron chi connectivity index (χ3n) is 6.24. The Hall–Kier alpha value is -1.59. The van der Waals surface area contributed by atoms with Crippen LogP contribution in [0.25, 0.3) is 0 Å². The molecule has 1 heterocycles. The first-order chi connectivity index (χ1) is 10.7. The summed E-state index contributed by atoms with van der Waals surface area (Å²) in [7, 11) is 1.32. The maximum atomic E-state index is 12.6. The zero-order chi connectivity index (χ0) is 17.2. The average Bonchev–Trinajstić information content (AvgIpc) is 3.10. The quantitative estimate of drug-likeness (QED) is 0.578. The van der Waals surface area contributed by atoms with Crippen molar-refractivity contribution in [3.63, 3.8) is 0 Å². The van der Waals surface area contributed by atoms with Gasteiger partial charge in [0.05, 0.1) is 24.4 Å². The highest BCUT2D eigenvalue weighted by atomic mass is 16.6. The van der Waals surface area contributed by atoms with E-state index in [0.717, 1.165) is 0 Å². The summed E-state index contributed by atoms with van der Waals surface area (Å²) in [6.45, 7) is 7.37. The summed E-state index contributed by atoms with van der Waals surface area (Å²) in [5, 5.41) is 0. The number of fused-ring (bicyclic) bond motifs is 1. The fourth-order valence-corrected chi connectivity index (χ4v) is 4.43. The van der Waals surface area contributed by atoms with Gasteiger partial charge in [-0.05, 0) is 33.6 Å². The number of methoxy groups -OCH3 is 1. The first-order valence-electron chi connectivity index (χ1n) is 8.19. The lowest BCUT2D eigenvalue weighted by molar-refractivity contribution is -0.193. The summed E-state index contributed by atoms with van der Waals surface area (Å²) in [6.07, 6.45) is 0.836. The van der Waals surface area contributed by atoms with Crippen LogP contribution in [0.5, 0.6) is 0 Å². The molecule has 0 aromatic rings. The lowest BCUT2D eigenvalue weighted by atomic mass is 9.72. The number of carbonyl (C=O) groups excluding carboxylic acids is 3. The first kappa shape index (κ1) is 16.3. The number of rotatable bonds is 4. The van der Waals surface area contributed by atoms with Gasteiger partial charge < -0.3 is 14.2 Å². The van der Waals surface area contributed by atoms with E-state index in [1.165, 1.54) is 7.11 Å². The highest BCUT2D eigenvalue weighted by Crippen LogP contribution is 2.63. The lowest BCUT2D eigenvalue weighted by Crippen LogP contribution is -2.53. The number of esters is 3. The van der Waals surface area contributed by atoms with Crippen molar-refractivity contribution >= 4 is 17.9 Å². The van der Waals surface area contributed by atoms with E-state index in [1.807, 2.05) is 20.8 Å². The largest absolute Gasteiger partial charge is 0.469 e. The molecular formula is C17H24O6. The van der Waals surface area contributed by atoms with Gasteiger partial charge in [-0.2, -0.15) is 0 Å². The summed E-state index contributed by atoms with van der Waals surface area (Å²) < 4.78 is 16.3. The van der Waals surface area contributed by atoms with Crippen LogP contribution in [-0.2, 0) is 28.6 Å². The van der Waals surface area contributed by atoms with Gasteiger partial charge in [0.15, 0.2) is 0 Å². The van der Waals surface area contributed by atoms with E-state index in [4.69, 9.17) is 14.2 Å². The van der Waals surface area contributed by atoms with Gasteiger partial charge in [0.25, 0.3) is 0 Å². The van der Waals surface area contributed by atoms with Crippen molar-refractivity contribution in [2.24, 2.45) is 29.1 Å². The topological polar surface area (TPSA) is 78.9 Å².